The van der Waals surface area contributed by atoms with Crippen molar-refractivity contribution in [2.75, 3.05) is 4.72 Å². The maximum atomic E-state index is 13.1. The van der Waals surface area contributed by atoms with E-state index in [0.29, 0.717) is 16.3 Å². The van der Waals surface area contributed by atoms with Gasteiger partial charge in [-0.3, -0.25) is 4.72 Å². The summed E-state index contributed by atoms with van der Waals surface area (Å²) in [4.78, 5) is 0.170. The molecule has 0 bridgehead atoms. The number of benzene rings is 3. The fourth-order valence-electron chi connectivity index (χ4n) is 4.49. The van der Waals surface area contributed by atoms with E-state index >= 15 is 0 Å². The third kappa shape index (κ3) is 4.36. The Labute approximate surface area is 189 Å². The molecule has 0 aromatic heterocycles. The van der Waals surface area contributed by atoms with Gasteiger partial charge in [0.15, 0.2) is 0 Å². The summed E-state index contributed by atoms with van der Waals surface area (Å²) in [5, 5.41) is 12.6. The van der Waals surface area contributed by atoms with Crippen LogP contribution in [-0.2, 0) is 15.6 Å². The first-order valence-corrected chi connectivity index (χ1v) is 12.3. The van der Waals surface area contributed by atoms with Gasteiger partial charge in [-0.1, -0.05) is 72.5 Å². The van der Waals surface area contributed by atoms with Gasteiger partial charge in [0, 0.05) is 10.6 Å². The topological polar surface area (TPSA) is 66.4 Å². The Morgan fingerprint density at radius 2 is 1.61 bits per heavy atom. The van der Waals surface area contributed by atoms with Crippen LogP contribution in [0.25, 0.3) is 0 Å². The quantitative estimate of drug-likeness (QED) is 0.488. The molecule has 0 saturated heterocycles. The minimum Gasteiger partial charge on any atom is -0.380 e. The molecule has 2 N–H and O–H groups in total. The van der Waals surface area contributed by atoms with E-state index in [4.69, 9.17) is 11.6 Å². The van der Waals surface area contributed by atoms with Crippen LogP contribution in [0.1, 0.15) is 42.4 Å². The average molecular weight is 456 g/mol. The molecule has 1 saturated carbocycles. The third-order valence-corrected chi connectivity index (χ3v) is 7.74. The number of aliphatic hydroxyl groups is 1. The second-order valence-electron chi connectivity index (χ2n) is 8.22. The monoisotopic (exact) mass is 455 g/mol. The maximum absolute atomic E-state index is 13.1. The average Bonchev–Trinajstić information content (AvgIpc) is 3.31. The zero-order chi connectivity index (χ0) is 22.1. The molecule has 1 unspecified atom stereocenters. The first-order valence-electron chi connectivity index (χ1n) is 10.5. The van der Waals surface area contributed by atoms with Crippen molar-refractivity contribution < 1.29 is 13.5 Å². The third-order valence-electron chi connectivity index (χ3n) is 6.13. The smallest absolute Gasteiger partial charge is 0.261 e. The highest BCUT2D eigenvalue weighted by Gasteiger charge is 2.43. The molecule has 0 spiro atoms. The number of anilines is 1. The summed E-state index contributed by atoms with van der Waals surface area (Å²) in [6, 6.07) is 21.1. The highest BCUT2D eigenvalue weighted by molar-refractivity contribution is 7.92. The van der Waals surface area contributed by atoms with Gasteiger partial charge in [0.1, 0.15) is 5.60 Å². The molecule has 6 heteroatoms. The molecule has 1 fully saturated rings. The second kappa shape index (κ2) is 8.65. The minimum atomic E-state index is -3.84. The fourth-order valence-corrected chi connectivity index (χ4v) is 5.74. The lowest BCUT2D eigenvalue weighted by Gasteiger charge is -2.37. The zero-order valence-electron chi connectivity index (χ0n) is 17.4. The molecule has 1 atom stereocenters. The van der Waals surface area contributed by atoms with Gasteiger partial charge in [-0.25, -0.2) is 8.42 Å². The van der Waals surface area contributed by atoms with Crippen LogP contribution in [0.2, 0.25) is 5.02 Å². The Balaban J connectivity index is 1.84. The molecule has 1 aliphatic rings. The number of halogens is 1. The van der Waals surface area contributed by atoms with Crippen LogP contribution >= 0.6 is 11.6 Å². The largest absolute Gasteiger partial charge is 0.380 e. The van der Waals surface area contributed by atoms with Gasteiger partial charge in [-0.15, -0.1) is 0 Å². The van der Waals surface area contributed by atoms with Crippen LogP contribution in [-0.4, -0.2) is 13.5 Å². The Bertz CT molecular complexity index is 1160. The second-order valence-corrected chi connectivity index (χ2v) is 10.3. The summed E-state index contributed by atoms with van der Waals surface area (Å²) in [6.45, 7) is 1.91. The van der Waals surface area contributed by atoms with E-state index < -0.39 is 15.6 Å². The van der Waals surface area contributed by atoms with Crippen molar-refractivity contribution in [3.63, 3.8) is 0 Å². The van der Waals surface area contributed by atoms with E-state index in [1.165, 1.54) is 0 Å². The number of rotatable bonds is 6. The number of hydrogen-bond acceptors (Lipinski definition) is 3. The molecule has 0 radical (unpaired) electrons. The molecule has 1 aliphatic carbocycles. The van der Waals surface area contributed by atoms with E-state index in [1.54, 1.807) is 42.5 Å². The molecule has 0 amide bonds. The SMILES string of the molecule is Cc1ccc(S(=O)(=O)Nc2ccc(Cl)cc2C(O)(c2ccccc2)C2CCCC2)cc1. The van der Waals surface area contributed by atoms with Crippen molar-refractivity contribution >= 4 is 27.3 Å². The maximum Gasteiger partial charge on any atom is 0.261 e. The highest BCUT2D eigenvalue weighted by atomic mass is 35.5. The van der Waals surface area contributed by atoms with Gasteiger partial charge < -0.3 is 5.11 Å². The molecule has 162 valence electrons. The van der Waals surface area contributed by atoms with Gasteiger partial charge in [-0.2, -0.15) is 0 Å². The predicted octanol–water partition coefficient (Wildman–Crippen LogP) is 5.88. The number of aryl methyl sites for hydroxylation is 1. The molecule has 0 heterocycles. The lowest BCUT2D eigenvalue weighted by atomic mass is 9.74. The first kappa shape index (κ1) is 21.9. The van der Waals surface area contributed by atoms with Crippen LogP contribution in [0.5, 0.6) is 0 Å². The van der Waals surface area contributed by atoms with E-state index in [9.17, 15) is 13.5 Å². The van der Waals surface area contributed by atoms with Gasteiger partial charge in [0.25, 0.3) is 10.0 Å². The van der Waals surface area contributed by atoms with Crippen LogP contribution in [0, 0.1) is 12.8 Å². The van der Waals surface area contributed by atoms with E-state index in [1.807, 2.05) is 37.3 Å². The van der Waals surface area contributed by atoms with Gasteiger partial charge in [0.2, 0.25) is 0 Å². The standard InChI is InChI=1S/C25H26ClNO3S/c1-18-11-14-22(15-12-18)31(29,30)27-24-16-13-21(26)17-23(24)25(28,20-9-5-6-10-20)19-7-3-2-4-8-19/h2-4,7-8,11-17,20,27-28H,5-6,9-10H2,1H3. The van der Waals surface area contributed by atoms with Crippen LogP contribution in [0.15, 0.2) is 77.7 Å². The molecule has 31 heavy (non-hydrogen) atoms. The Morgan fingerprint density at radius 1 is 0.968 bits per heavy atom. The van der Waals surface area contributed by atoms with Crippen molar-refractivity contribution in [1.29, 1.82) is 0 Å². The number of nitrogens with one attached hydrogen (secondary N) is 1. The molecule has 4 nitrogen and oxygen atoms in total. The minimum absolute atomic E-state index is 0.0315. The molecule has 3 aromatic rings. The summed E-state index contributed by atoms with van der Waals surface area (Å²) < 4.78 is 28.9. The number of hydrogen-bond donors (Lipinski definition) is 2. The summed E-state index contributed by atoms with van der Waals surface area (Å²) in [7, 11) is -3.84. The van der Waals surface area contributed by atoms with E-state index in [-0.39, 0.29) is 10.8 Å². The van der Waals surface area contributed by atoms with Crippen molar-refractivity contribution in [3.05, 3.63) is 94.5 Å². The summed E-state index contributed by atoms with van der Waals surface area (Å²) in [5.74, 6) is -0.0315. The summed E-state index contributed by atoms with van der Waals surface area (Å²) >= 11 is 6.33. The lowest BCUT2D eigenvalue weighted by Crippen LogP contribution is -2.36. The first-order chi connectivity index (χ1) is 14.8. The Morgan fingerprint density at radius 3 is 2.26 bits per heavy atom. The summed E-state index contributed by atoms with van der Waals surface area (Å²) in [5.41, 5.74) is 1.18. The van der Waals surface area contributed by atoms with Gasteiger partial charge in [-0.05, 0) is 61.6 Å². The van der Waals surface area contributed by atoms with Crippen molar-refractivity contribution in [2.45, 2.75) is 43.1 Å². The predicted molar refractivity (Wildman–Crippen MR) is 125 cm³/mol. The zero-order valence-corrected chi connectivity index (χ0v) is 19.0. The number of sulfonamides is 1. The normalized spacial score (nSPS) is 16.7. The van der Waals surface area contributed by atoms with Crippen molar-refractivity contribution in [1.82, 2.24) is 0 Å². The van der Waals surface area contributed by atoms with Crippen LogP contribution in [0.4, 0.5) is 5.69 Å². The van der Waals surface area contributed by atoms with E-state index in [0.717, 1.165) is 36.8 Å². The van der Waals surface area contributed by atoms with Crippen LogP contribution < -0.4 is 4.72 Å². The van der Waals surface area contributed by atoms with Gasteiger partial charge in [0.05, 0.1) is 10.6 Å². The molecular weight excluding hydrogens is 430 g/mol. The molecular formula is C25H26ClNO3S. The fraction of sp³-hybridized carbons (Fsp3) is 0.280. The van der Waals surface area contributed by atoms with Crippen molar-refractivity contribution in [2.24, 2.45) is 5.92 Å². The molecule has 4 rings (SSSR count). The van der Waals surface area contributed by atoms with Crippen LogP contribution in [0.3, 0.4) is 0 Å². The van der Waals surface area contributed by atoms with Crippen molar-refractivity contribution in [3.8, 4) is 0 Å². The Hall–Kier alpha value is -2.34. The molecule has 0 aliphatic heterocycles. The lowest BCUT2D eigenvalue weighted by molar-refractivity contribution is 0.0196. The van der Waals surface area contributed by atoms with E-state index in [2.05, 4.69) is 4.72 Å². The summed E-state index contributed by atoms with van der Waals surface area (Å²) in [6.07, 6.45) is 3.79. The Kier molecular flexibility index (Phi) is 6.11. The van der Waals surface area contributed by atoms with Gasteiger partial charge >= 0.3 is 0 Å². The highest BCUT2D eigenvalue weighted by Crippen LogP contribution is 2.48. The molecule has 3 aromatic carbocycles.